The van der Waals surface area contributed by atoms with E-state index < -0.39 is 25.1 Å². The second-order valence-electron chi connectivity index (χ2n) is 4.08. The molecule has 0 aliphatic carbocycles. The second kappa shape index (κ2) is 5.45. The van der Waals surface area contributed by atoms with Crippen LogP contribution in [-0.2, 0) is 26.8 Å². The number of rotatable bonds is 5. The van der Waals surface area contributed by atoms with E-state index in [9.17, 15) is 20.7 Å². The number of hydrogen-bond acceptors (Lipinski definition) is 5. The third-order valence-corrected chi connectivity index (χ3v) is 4.78. The van der Waals surface area contributed by atoms with Gasteiger partial charge in [0.05, 0.1) is 12.0 Å². The lowest BCUT2D eigenvalue weighted by molar-refractivity contribution is 0.552. The van der Waals surface area contributed by atoms with Crippen LogP contribution in [0.3, 0.4) is 0 Å². The van der Waals surface area contributed by atoms with Gasteiger partial charge in [-0.2, -0.15) is 16.8 Å². The molecule has 10 heteroatoms. The molecule has 0 amide bonds. The first-order valence-corrected chi connectivity index (χ1v) is 8.69. The fraction of sp³-hybridized carbons (Fsp3) is 0.182. The topological polar surface area (TPSA) is 98.1 Å². The first kappa shape index (κ1) is 15.4. The van der Waals surface area contributed by atoms with Gasteiger partial charge >= 0.3 is 10.2 Å². The molecular weight excluding hydrogens is 321 g/mol. The number of imidazole rings is 1. The molecule has 0 saturated carbocycles. The molecule has 0 aliphatic rings. The van der Waals surface area contributed by atoms with Gasteiger partial charge in [0, 0.05) is 12.7 Å². The van der Waals surface area contributed by atoms with E-state index >= 15 is 0 Å². The molecular formula is C11H12FN3O4S2. The monoisotopic (exact) mass is 333 g/mol. The Balaban J connectivity index is 2.42. The van der Waals surface area contributed by atoms with Crippen LogP contribution in [0.5, 0.6) is 0 Å². The molecule has 114 valence electrons. The van der Waals surface area contributed by atoms with E-state index in [-0.39, 0.29) is 10.7 Å². The highest BCUT2D eigenvalue weighted by Crippen LogP contribution is 2.24. The number of para-hydroxylation sites is 1. The van der Waals surface area contributed by atoms with Crippen molar-refractivity contribution in [1.29, 1.82) is 0 Å². The van der Waals surface area contributed by atoms with Gasteiger partial charge in [-0.05, 0) is 19.1 Å². The van der Waals surface area contributed by atoms with Crippen LogP contribution in [0.25, 0.3) is 0 Å². The van der Waals surface area contributed by atoms with Crippen molar-refractivity contribution in [2.75, 3.05) is 4.72 Å². The molecule has 1 heterocycles. The van der Waals surface area contributed by atoms with Crippen molar-refractivity contribution in [3.05, 3.63) is 36.8 Å². The molecule has 0 atom stereocenters. The average Bonchev–Trinajstić information content (AvgIpc) is 2.87. The standard InChI is InChI=1S/C11H12FN3O4S2/c1-2-15-7-11(13-8-15)21(18,19)14-9-5-3-4-6-10(9)20(12,16)17/h3-8,14H,2H2,1H3. The summed E-state index contributed by atoms with van der Waals surface area (Å²) in [4.78, 5) is 2.97. The summed E-state index contributed by atoms with van der Waals surface area (Å²) in [6.45, 7) is 2.33. The van der Waals surface area contributed by atoms with Gasteiger partial charge in [-0.15, -0.1) is 3.89 Å². The van der Waals surface area contributed by atoms with Gasteiger partial charge in [0.25, 0.3) is 10.0 Å². The quantitative estimate of drug-likeness (QED) is 0.833. The Morgan fingerprint density at radius 1 is 1.24 bits per heavy atom. The van der Waals surface area contributed by atoms with Crippen LogP contribution in [0.2, 0.25) is 0 Å². The van der Waals surface area contributed by atoms with Crippen molar-refractivity contribution < 1.29 is 20.7 Å². The summed E-state index contributed by atoms with van der Waals surface area (Å²) in [5.41, 5.74) is -0.369. The Kier molecular flexibility index (Phi) is 4.01. The van der Waals surface area contributed by atoms with Gasteiger partial charge in [-0.3, -0.25) is 4.72 Å². The van der Waals surface area contributed by atoms with Gasteiger partial charge < -0.3 is 4.57 Å². The Hall–Kier alpha value is -1.94. The normalized spacial score (nSPS) is 12.3. The summed E-state index contributed by atoms with van der Waals surface area (Å²) in [6, 6.07) is 4.80. The van der Waals surface area contributed by atoms with E-state index in [1.807, 2.05) is 4.72 Å². The van der Waals surface area contributed by atoms with Gasteiger partial charge in [0.1, 0.15) is 4.90 Å². The summed E-state index contributed by atoms with van der Waals surface area (Å²) in [5.74, 6) is 0. The lowest BCUT2D eigenvalue weighted by Gasteiger charge is -2.08. The number of aromatic nitrogens is 2. The maximum atomic E-state index is 13.1. The zero-order valence-corrected chi connectivity index (χ0v) is 12.5. The van der Waals surface area contributed by atoms with Crippen molar-refractivity contribution in [1.82, 2.24) is 9.55 Å². The third-order valence-electron chi connectivity index (χ3n) is 2.64. The molecule has 1 aromatic heterocycles. The predicted octanol–water partition coefficient (Wildman–Crippen LogP) is 1.36. The number of anilines is 1. The zero-order valence-electron chi connectivity index (χ0n) is 10.9. The van der Waals surface area contributed by atoms with Crippen molar-refractivity contribution in [3.8, 4) is 0 Å². The van der Waals surface area contributed by atoms with Gasteiger partial charge in [0.2, 0.25) is 0 Å². The molecule has 0 saturated heterocycles. The van der Waals surface area contributed by atoms with Gasteiger partial charge in [-0.1, -0.05) is 12.1 Å². The molecule has 1 N–H and O–H groups in total. The van der Waals surface area contributed by atoms with Crippen molar-refractivity contribution in [2.45, 2.75) is 23.4 Å². The number of nitrogens with zero attached hydrogens (tertiary/aromatic N) is 2. The van der Waals surface area contributed by atoms with E-state index in [2.05, 4.69) is 4.98 Å². The van der Waals surface area contributed by atoms with Crippen LogP contribution in [0.4, 0.5) is 9.57 Å². The fourth-order valence-electron chi connectivity index (χ4n) is 1.61. The first-order valence-electron chi connectivity index (χ1n) is 5.82. The van der Waals surface area contributed by atoms with E-state index in [4.69, 9.17) is 0 Å². The highest BCUT2D eigenvalue weighted by Gasteiger charge is 2.23. The Morgan fingerprint density at radius 2 is 1.90 bits per heavy atom. The van der Waals surface area contributed by atoms with E-state index in [1.54, 1.807) is 6.92 Å². The maximum absolute atomic E-state index is 13.1. The molecule has 7 nitrogen and oxygen atoms in total. The summed E-state index contributed by atoms with van der Waals surface area (Å²) in [7, 11) is -9.14. The number of nitrogens with one attached hydrogen (secondary N) is 1. The summed E-state index contributed by atoms with van der Waals surface area (Å²) < 4.78 is 62.9. The van der Waals surface area contributed by atoms with E-state index in [0.29, 0.717) is 6.54 Å². The minimum atomic E-state index is -5.04. The van der Waals surface area contributed by atoms with Gasteiger partial charge in [-0.25, -0.2) is 4.98 Å². The summed E-state index contributed by atoms with van der Waals surface area (Å²) in [6.07, 6.45) is 2.61. The van der Waals surface area contributed by atoms with Crippen LogP contribution in [0.1, 0.15) is 6.92 Å². The number of hydrogen-bond donors (Lipinski definition) is 1. The number of halogens is 1. The molecule has 1 aromatic carbocycles. The molecule has 21 heavy (non-hydrogen) atoms. The second-order valence-corrected chi connectivity index (χ2v) is 7.03. The first-order chi connectivity index (χ1) is 9.74. The molecule has 0 aliphatic heterocycles. The minimum absolute atomic E-state index is 0.282. The van der Waals surface area contributed by atoms with E-state index in [1.165, 1.54) is 29.2 Å². The lowest BCUT2D eigenvalue weighted by atomic mass is 10.3. The van der Waals surface area contributed by atoms with Crippen molar-refractivity contribution in [3.63, 3.8) is 0 Å². The summed E-state index contributed by atoms with van der Waals surface area (Å²) >= 11 is 0. The number of benzene rings is 1. The fourth-order valence-corrected chi connectivity index (χ4v) is 3.33. The third kappa shape index (κ3) is 3.39. The van der Waals surface area contributed by atoms with Crippen LogP contribution in [-0.4, -0.2) is 26.4 Å². The smallest absolute Gasteiger partial charge is 0.334 e. The lowest BCUT2D eigenvalue weighted by Crippen LogP contribution is -2.15. The van der Waals surface area contributed by atoms with Crippen LogP contribution in [0.15, 0.2) is 46.7 Å². The molecule has 0 bridgehead atoms. The van der Waals surface area contributed by atoms with Gasteiger partial charge in [0.15, 0.2) is 5.03 Å². The Bertz CT molecular complexity index is 859. The molecule has 0 unspecified atom stereocenters. The molecule has 2 rings (SSSR count). The Labute approximate surface area is 121 Å². The highest BCUT2D eigenvalue weighted by atomic mass is 32.3. The van der Waals surface area contributed by atoms with E-state index in [0.717, 1.165) is 12.1 Å². The molecule has 0 fully saturated rings. The average molecular weight is 333 g/mol. The maximum Gasteiger partial charge on any atom is 0.334 e. The number of aryl methyl sites for hydroxylation is 1. The van der Waals surface area contributed by atoms with Crippen LogP contribution >= 0.6 is 0 Å². The molecule has 0 radical (unpaired) electrons. The zero-order chi connectivity index (χ0) is 15.7. The Morgan fingerprint density at radius 3 is 2.48 bits per heavy atom. The largest absolute Gasteiger partial charge is 0.336 e. The summed E-state index contributed by atoms with van der Waals surface area (Å²) in [5, 5.41) is -0.282. The molecule has 2 aromatic rings. The van der Waals surface area contributed by atoms with Crippen LogP contribution < -0.4 is 4.72 Å². The van der Waals surface area contributed by atoms with Crippen LogP contribution in [0, 0.1) is 0 Å². The highest BCUT2D eigenvalue weighted by molar-refractivity contribution is 7.92. The SMILES string of the molecule is CCn1cnc(S(=O)(=O)Nc2ccccc2S(=O)(=O)F)c1. The van der Waals surface area contributed by atoms with Crippen molar-refractivity contribution in [2.24, 2.45) is 0 Å². The minimum Gasteiger partial charge on any atom is -0.336 e. The number of sulfonamides is 1. The molecule has 0 spiro atoms. The van der Waals surface area contributed by atoms with Crippen molar-refractivity contribution >= 4 is 25.9 Å². The predicted molar refractivity (Wildman–Crippen MR) is 73.4 cm³/mol.